The van der Waals surface area contributed by atoms with Crippen molar-refractivity contribution < 1.29 is 0 Å². The summed E-state index contributed by atoms with van der Waals surface area (Å²) in [5.74, 6) is 0. The summed E-state index contributed by atoms with van der Waals surface area (Å²) in [5.41, 5.74) is 4.25. The molecule has 4 nitrogen and oxygen atoms in total. The van der Waals surface area contributed by atoms with Crippen LogP contribution in [0.2, 0.25) is 0 Å². The van der Waals surface area contributed by atoms with Gasteiger partial charge in [0, 0.05) is 0 Å². The molecule has 0 amide bonds. The van der Waals surface area contributed by atoms with Gasteiger partial charge >= 0.3 is 160 Å². The Hall–Kier alpha value is 0.158. The standard InChI is InChI=1S/C12H4N4S2Se4/c1-2-20-11(19-1)5-7-9(15-17-13-7)6(12-21-3-4-22-12)10-8(5)14-18-16-10/h1-4H. The zero-order valence-corrected chi connectivity index (χ0v) is 19.0. The van der Waals surface area contributed by atoms with Crippen molar-refractivity contribution in [2.45, 2.75) is 0 Å². The van der Waals surface area contributed by atoms with Gasteiger partial charge in [-0.1, -0.05) is 0 Å². The van der Waals surface area contributed by atoms with Crippen LogP contribution in [0.15, 0.2) is 19.9 Å². The Morgan fingerprint density at radius 3 is 1.18 bits per heavy atom. The van der Waals surface area contributed by atoms with Crippen molar-refractivity contribution in [1.29, 1.82) is 0 Å². The third kappa shape index (κ3) is 2.19. The second-order valence-electron chi connectivity index (χ2n) is 4.26. The Bertz CT molecular complexity index is 937. The Kier molecular flexibility index (Phi) is 3.89. The summed E-state index contributed by atoms with van der Waals surface area (Å²) in [6, 6.07) is 0. The predicted molar refractivity (Wildman–Crippen MR) is 95.8 cm³/mol. The van der Waals surface area contributed by atoms with Gasteiger partial charge < -0.3 is 0 Å². The average Bonchev–Trinajstić information content (AvgIpc) is 3.29. The fourth-order valence-electron chi connectivity index (χ4n) is 2.29. The van der Waals surface area contributed by atoms with Gasteiger partial charge in [-0.25, -0.2) is 0 Å². The van der Waals surface area contributed by atoms with Crippen LogP contribution in [-0.4, -0.2) is 77.3 Å². The topological polar surface area (TPSA) is 51.6 Å². The summed E-state index contributed by atoms with van der Waals surface area (Å²) in [4.78, 5) is 9.26. The molecule has 0 spiro atoms. The van der Waals surface area contributed by atoms with Crippen LogP contribution in [0.3, 0.4) is 0 Å². The van der Waals surface area contributed by atoms with Crippen LogP contribution in [0, 0.1) is 0 Å². The molecule has 0 unspecified atom stereocenters. The van der Waals surface area contributed by atoms with Gasteiger partial charge in [0.2, 0.25) is 0 Å². The van der Waals surface area contributed by atoms with Gasteiger partial charge in [0.1, 0.15) is 0 Å². The Balaban J connectivity index is 2.08. The van der Waals surface area contributed by atoms with E-state index in [-0.39, 0.29) is 0 Å². The van der Waals surface area contributed by atoms with E-state index in [2.05, 4.69) is 37.4 Å². The second kappa shape index (κ2) is 5.90. The van der Waals surface area contributed by atoms with E-state index < -0.39 is 0 Å². The van der Waals surface area contributed by atoms with E-state index in [0.29, 0.717) is 59.8 Å². The molecule has 2 aliphatic rings. The van der Waals surface area contributed by atoms with Gasteiger partial charge in [0.25, 0.3) is 0 Å². The summed E-state index contributed by atoms with van der Waals surface area (Å²) in [7, 11) is 0. The number of fused-ring (bicyclic) bond motifs is 2. The fraction of sp³-hybridized carbons (Fsp3) is 0. The number of hydrogen-bond acceptors (Lipinski definition) is 6. The normalized spacial score (nSPS) is 17.6. The number of nitrogens with zero attached hydrogens (tertiary/aromatic N) is 4. The van der Waals surface area contributed by atoms with Crippen LogP contribution in [0.1, 0.15) is 0 Å². The fourth-order valence-corrected chi connectivity index (χ4v) is 13.8. The molecule has 1 aromatic carbocycles. The first kappa shape index (κ1) is 14.5. The summed E-state index contributed by atoms with van der Waals surface area (Å²) in [6.45, 7) is 0. The molecular weight excluding hydrogens is 580 g/mol. The van der Waals surface area contributed by atoms with Gasteiger partial charge in [-0.3, -0.25) is 0 Å². The van der Waals surface area contributed by atoms with E-state index >= 15 is 0 Å². The predicted octanol–water partition coefficient (Wildman–Crippen LogP) is -0.386. The maximum atomic E-state index is 4.64. The molecule has 0 aliphatic carbocycles. The van der Waals surface area contributed by atoms with Crippen molar-refractivity contribution in [2.75, 3.05) is 0 Å². The van der Waals surface area contributed by atoms with E-state index in [1.165, 1.54) is 40.6 Å². The quantitative estimate of drug-likeness (QED) is 0.339. The molecule has 0 atom stereocenters. The summed E-state index contributed by atoms with van der Waals surface area (Å²) in [6.07, 6.45) is 0. The van der Waals surface area contributed by atoms with E-state index in [9.17, 15) is 0 Å². The Labute approximate surface area is 158 Å². The summed E-state index contributed by atoms with van der Waals surface area (Å²) in [5, 5.41) is 2.49. The van der Waals surface area contributed by atoms with Crippen LogP contribution < -0.4 is 10.4 Å². The number of benzene rings is 1. The number of aromatic nitrogens is 4. The molecule has 2 aliphatic heterocycles. The average molecular weight is 584 g/mol. The van der Waals surface area contributed by atoms with Crippen molar-refractivity contribution >= 4 is 112 Å². The first-order valence-electron chi connectivity index (χ1n) is 6.05. The van der Waals surface area contributed by atoms with Crippen molar-refractivity contribution in [3.8, 4) is 0 Å². The summed E-state index contributed by atoms with van der Waals surface area (Å²) < 4.78 is 21.6. The second-order valence-corrected chi connectivity index (χ2v) is 15.6. The van der Waals surface area contributed by atoms with Crippen LogP contribution in [0.4, 0.5) is 0 Å². The minimum absolute atomic E-state index is 0.435. The zero-order chi connectivity index (χ0) is 14.5. The number of hydrogen-bond donors (Lipinski definition) is 0. The molecule has 0 bridgehead atoms. The molecule has 22 heavy (non-hydrogen) atoms. The minimum atomic E-state index is 0.435. The van der Waals surface area contributed by atoms with Gasteiger partial charge in [-0.05, 0) is 0 Å². The molecule has 4 heterocycles. The third-order valence-electron chi connectivity index (χ3n) is 3.14. The van der Waals surface area contributed by atoms with Gasteiger partial charge in [-0.2, -0.15) is 0 Å². The van der Waals surface area contributed by atoms with Gasteiger partial charge in [-0.15, -0.1) is 0 Å². The van der Waals surface area contributed by atoms with Crippen molar-refractivity contribution in [3.05, 3.63) is 30.3 Å². The van der Waals surface area contributed by atoms with E-state index in [4.69, 9.17) is 0 Å². The van der Waals surface area contributed by atoms with Gasteiger partial charge in [0.05, 0.1) is 0 Å². The van der Waals surface area contributed by atoms with Crippen molar-refractivity contribution in [3.63, 3.8) is 0 Å². The van der Waals surface area contributed by atoms with Gasteiger partial charge in [0.15, 0.2) is 0 Å². The first-order valence-corrected chi connectivity index (χ1v) is 14.9. The van der Waals surface area contributed by atoms with Crippen LogP contribution >= 0.6 is 23.5 Å². The molecular formula is C12H4N4S2Se4. The SMILES string of the molecule is C1=C[Se]C(=c2c3nsnc3c(=C3[Se]C=C[Se]3)c3nsnc23)[Se]1. The van der Waals surface area contributed by atoms with E-state index in [1.807, 2.05) is 0 Å². The number of rotatable bonds is 0. The monoisotopic (exact) mass is 588 g/mol. The molecule has 10 heteroatoms. The molecule has 0 fully saturated rings. The maximum absolute atomic E-state index is 4.64. The van der Waals surface area contributed by atoms with E-state index in [0.717, 1.165) is 22.1 Å². The molecule has 2 aromatic heterocycles. The summed E-state index contributed by atoms with van der Waals surface area (Å²) >= 11 is 4.38. The first-order chi connectivity index (χ1) is 10.9. The molecule has 108 valence electrons. The molecule has 0 N–H and O–H groups in total. The molecule has 0 radical (unpaired) electrons. The molecule has 3 aromatic rings. The molecule has 5 rings (SSSR count). The third-order valence-corrected chi connectivity index (χ3v) is 15.9. The Morgan fingerprint density at radius 2 is 0.864 bits per heavy atom. The van der Waals surface area contributed by atoms with Crippen LogP contribution in [-0.2, 0) is 0 Å². The van der Waals surface area contributed by atoms with Crippen LogP contribution in [0.25, 0.3) is 28.8 Å². The van der Waals surface area contributed by atoms with Crippen LogP contribution in [0.5, 0.6) is 0 Å². The Morgan fingerprint density at radius 1 is 0.545 bits per heavy atom. The molecule has 0 saturated heterocycles. The van der Waals surface area contributed by atoms with E-state index in [1.54, 1.807) is 0 Å². The van der Waals surface area contributed by atoms with Crippen molar-refractivity contribution in [2.24, 2.45) is 0 Å². The van der Waals surface area contributed by atoms with Crippen molar-refractivity contribution in [1.82, 2.24) is 17.5 Å². The zero-order valence-electron chi connectivity index (χ0n) is 10.5. The molecule has 0 saturated carbocycles.